The second-order valence-corrected chi connectivity index (χ2v) is 3.96. The van der Waals surface area contributed by atoms with Gasteiger partial charge in [-0.2, -0.15) is 11.8 Å². The summed E-state index contributed by atoms with van der Waals surface area (Å²) in [4.78, 5) is 0. The third kappa shape index (κ3) is 9.91. The smallest absolute Gasteiger partial charge is 0.00860 e. The number of hydrogen-bond acceptors (Lipinski definition) is 1. The van der Waals surface area contributed by atoms with Gasteiger partial charge in [-0.05, 0) is 24.3 Å². The van der Waals surface area contributed by atoms with Gasteiger partial charge in [-0.1, -0.05) is 19.8 Å². The van der Waals surface area contributed by atoms with Gasteiger partial charge in [0.15, 0.2) is 0 Å². The Morgan fingerprint density at radius 1 is 1.18 bits per heavy atom. The van der Waals surface area contributed by atoms with Gasteiger partial charge in [0.2, 0.25) is 0 Å². The van der Waals surface area contributed by atoms with E-state index in [0.29, 0.717) is 0 Å². The predicted octanol–water partition coefficient (Wildman–Crippen LogP) is 3.32. The van der Waals surface area contributed by atoms with Crippen LogP contribution < -0.4 is 0 Å². The van der Waals surface area contributed by atoms with Crippen LogP contribution in [0.3, 0.4) is 0 Å². The standard InChI is InChI=1S/C10H18S/c1-3-5-6-7-8-9-10-11-4-2/h1H,4-10H2,2H3. The van der Waals surface area contributed by atoms with Crippen LogP contribution in [0, 0.1) is 12.3 Å². The molecule has 0 atom stereocenters. The molecule has 0 aliphatic rings. The molecule has 0 radical (unpaired) electrons. The van der Waals surface area contributed by atoms with Crippen LogP contribution in [0.25, 0.3) is 0 Å². The Hall–Kier alpha value is -0.0900. The molecule has 0 saturated heterocycles. The van der Waals surface area contributed by atoms with E-state index < -0.39 is 0 Å². The first kappa shape index (κ1) is 10.9. The summed E-state index contributed by atoms with van der Waals surface area (Å²) >= 11 is 2.03. The molecule has 0 unspecified atom stereocenters. The van der Waals surface area contributed by atoms with Gasteiger partial charge in [0, 0.05) is 6.42 Å². The predicted molar refractivity (Wildman–Crippen MR) is 54.9 cm³/mol. The Kier molecular flexibility index (Phi) is 9.83. The van der Waals surface area contributed by atoms with E-state index in [0.717, 1.165) is 6.42 Å². The van der Waals surface area contributed by atoms with Crippen molar-refractivity contribution < 1.29 is 0 Å². The van der Waals surface area contributed by atoms with Gasteiger partial charge in [-0.25, -0.2) is 0 Å². The maximum absolute atomic E-state index is 5.14. The van der Waals surface area contributed by atoms with Crippen LogP contribution in [0.1, 0.15) is 39.0 Å². The highest BCUT2D eigenvalue weighted by Crippen LogP contribution is 2.07. The molecule has 0 aromatic rings. The van der Waals surface area contributed by atoms with E-state index in [1.807, 2.05) is 11.8 Å². The first-order valence-corrected chi connectivity index (χ1v) is 5.58. The molecule has 0 bridgehead atoms. The molecular formula is C10H18S. The maximum atomic E-state index is 5.14. The minimum Gasteiger partial charge on any atom is -0.162 e. The zero-order valence-corrected chi connectivity index (χ0v) is 8.25. The Morgan fingerprint density at radius 2 is 1.91 bits per heavy atom. The summed E-state index contributed by atoms with van der Waals surface area (Å²) in [7, 11) is 0. The van der Waals surface area contributed by atoms with Crippen molar-refractivity contribution in [3.63, 3.8) is 0 Å². The lowest BCUT2D eigenvalue weighted by Crippen LogP contribution is -1.81. The lowest BCUT2D eigenvalue weighted by molar-refractivity contribution is 0.683. The van der Waals surface area contributed by atoms with Crippen LogP contribution in [0.15, 0.2) is 0 Å². The van der Waals surface area contributed by atoms with Gasteiger partial charge in [-0.3, -0.25) is 0 Å². The van der Waals surface area contributed by atoms with E-state index in [9.17, 15) is 0 Å². The Labute approximate surface area is 75.1 Å². The topological polar surface area (TPSA) is 0 Å². The molecular weight excluding hydrogens is 152 g/mol. The van der Waals surface area contributed by atoms with Crippen LogP contribution >= 0.6 is 11.8 Å². The highest BCUT2D eigenvalue weighted by molar-refractivity contribution is 7.99. The molecule has 0 spiro atoms. The second kappa shape index (κ2) is 9.91. The molecule has 0 aliphatic carbocycles. The zero-order chi connectivity index (χ0) is 8.36. The van der Waals surface area contributed by atoms with Crippen molar-refractivity contribution >= 4 is 11.8 Å². The summed E-state index contributed by atoms with van der Waals surface area (Å²) in [5, 5.41) is 0. The number of hydrogen-bond donors (Lipinski definition) is 0. The fourth-order valence-corrected chi connectivity index (χ4v) is 1.63. The molecule has 0 aromatic heterocycles. The fourth-order valence-electron chi connectivity index (χ4n) is 0.929. The number of terminal acetylenes is 1. The molecule has 0 aromatic carbocycles. The number of unbranched alkanes of at least 4 members (excludes halogenated alkanes) is 4. The van der Waals surface area contributed by atoms with E-state index in [1.165, 1.54) is 37.2 Å². The molecule has 0 nitrogen and oxygen atoms in total. The molecule has 0 N–H and O–H groups in total. The van der Waals surface area contributed by atoms with Crippen molar-refractivity contribution in [1.82, 2.24) is 0 Å². The Balaban J connectivity index is 2.75. The third-order valence-electron chi connectivity index (χ3n) is 1.56. The minimum atomic E-state index is 0.959. The minimum absolute atomic E-state index is 0.959. The van der Waals surface area contributed by atoms with E-state index >= 15 is 0 Å². The summed E-state index contributed by atoms with van der Waals surface area (Å²) in [6.45, 7) is 2.21. The van der Waals surface area contributed by atoms with Crippen molar-refractivity contribution in [2.24, 2.45) is 0 Å². The third-order valence-corrected chi connectivity index (χ3v) is 2.55. The maximum Gasteiger partial charge on any atom is 0.00860 e. The summed E-state index contributed by atoms with van der Waals surface area (Å²) < 4.78 is 0. The van der Waals surface area contributed by atoms with Crippen molar-refractivity contribution in [2.75, 3.05) is 11.5 Å². The van der Waals surface area contributed by atoms with E-state index in [1.54, 1.807) is 0 Å². The largest absolute Gasteiger partial charge is 0.162 e. The van der Waals surface area contributed by atoms with Gasteiger partial charge in [0.25, 0.3) is 0 Å². The average Bonchev–Trinajstić information content (AvgIpc) is 2.03. The summed E-state index contributed by atoms with van der Waals surface area (Å²) in [5.74, 6) is 5.24. The molecule has 0 aliphatic heterocycles. The molecule has 11 heavy (non-hydrogen) atoms. The quantitative estimate of drug-likeness (QED) is 0.417. The van der Waals surface area contributed by atoms with E-state index in [-0.39, 0.29) is 0 Å². The van der Waals surface area contributed by atoms with Crippen LogP contribution in [0.5, 0.6) is 0 Å². The van der Waals surface area contributed by atoms with Gasteiger partial charge in [-0.15, -0.1) is 12.3 Å². The highest BCUT2D eigenvalue weighted by Gasteiger charge is 1.88. The van der Waals surface area contributed by atoms with Crippen LogP contribution in [0.4, 0.5) is 0 Å². The Bertz CT molecular complexity index is 102. The molecule has 1 heteroatoms. The van der Waals surface area contributed by atoms with Gasteiger partial charge < -0.3 is 0 Å². The summed E-state index contributed by atoms with van der Waals surface area (Å²) in [6.07, 6.45) is 11.3. The van der Waals surface area contributed by atoms with Crippen LogP contribution in [-0.4, -0.2) is 11.5 Å². The summed E-state index contributed by atoms with van der Waals surface area (Å²) in [5.41, 5.74) is 0. The normalized spacial score (nSPS) is 9.45. The molecule has 0 fully saturated rings. The van der Waals surface area contributed by atoms with Crippen molar-refractivity contribution in [1.29, 1.82) is 0 Å². The van der Waals surface area contributed by atoms with Gasteiger partial charge in [0.1, 0.15) is 0 Å². The molecule has 64 valence electrons. The lowest BCUT2D eigenvalue weighted by atomic mass is 10.2. The zero-order valence-electron chi connectivity index (χ0n) is 7.44. The first-order chi connectivity index (χ1) is 5.41. The first-order valence-electron chi connectivity index (χ1n) is 4.43. The molecule has 0 amide bonds. The van der Waals surface area contributed by atoms with Gasteiger partial charge in [0.05, 0.1) is 0 Å². The highest BCUT2D eigenvalue weighted by atomic mass is 32.2. The number of thioether (sulfide) groups is 1. The SMILES string of the molecule is C#CCCCCCCSCC. The fraction of sp³-hybridized carbons (Fsp3) is 0.800. The van der Waals surface area contributed by atoms with Crippen molar-refractivity contribution in [3.8, 4) is 12.3 Å². The molecule has 0 rings (SSSR count). The molecule has 0 saturated carbocycles. The van der Waals surface area contributed by atoms with E-state index in [2.05, 4.69) is 12.8 Å². The molecule has 0 heterocycles. The van der Waals surface area contributed by atoms with E-state index in [4.69, 9.17) is 6.42 Å². The number of rotatable bonds is 7. The van der Waals surface area contributed by atoms with Crippen LogP contribution in [0.2, 0.25) is 0 Å². The van der Waals surface area contributed by atoms with Crippen LogP contribution in [-0.2, 0) is 0 Å². The monoisotopic (exact) mass is 170 g/mol. The average molecular weight is 170 g/mol. The lowest BCUT2D eigenvalue weighted by Gasteiger charge is -1.97. The Morgan fingerprint density at radius 3 is 2.55 bits per heavy atom. The summed E-state index contributed by atoms with van der Waals surface area (Å²) in [6, 6.07) is 0. The van der Waals surface area contributed by atoms with Crippen molar-refractivity contribution in [2.45, 2.75) is 39.0 Å². The second-order valence-electron chi connectivity index (χ2n) is 2.57. The van der Waals surface area contributed by atoms with Crippen molar-refractivity contribution in [3.05, 3.63) is 0 Å². The van der Waals surface area contributed by atoms with Gasteiger partial charge >= 0.3 is 0 Å².